The molecule has 8 nitrogen and oxygen atoms in total. The molecule has 0 bridgehead atoms. The molecule has 192 valence electrons. The van der Waals surface area contributed by atoms with Gasteiger partial charge in [-0.2, -0.15) is 0 Å². The van der Waals surface area contributed by atoms with Crippen LogP contribution in [-0.2, 0) is 26.2 Å². The molecule has 0 saturated carbocycles. The first kappa shape index (κ1) is 28.5. The first-order chi connectivity index (χ1) is 16.4. The molecule has 0 fully saturated rings. The topological polar surface area (TPSA) is 96.0 Å². The maximum atomic E-state index is 13.6. The van der Waals surface area contributed by atoms with Crippen LogP contribution in [0.2, 0.25) is 5.02 Å². The summed E-state index contributed by atoms with van der Waals surface area (Å²) in [4.78, 5) is 27.9. The van der Waals surface area contributed by atoms with Crippen LogP contribution < -0.4 is 14.4 Å². The molecule has 2 amide bonds. The second-order valence-electron chi connectivity index (χ2n) is 8.59. The Kier molecular flexibility index (Phi) is 9.97. The number of hydrogen-bond donors (Lipinski definition) is 1. The van der Waals surface area contributed by atoms with E-state index >= 15 is 0 Å². The smallest absolute Gasteiger partial charge is 0.244 e. The minimum absolute atomic E-state index is 0.0680. The van der Waals surface area contributed by atoms with Crippen molar-refractivity contribution in [3.63, 3.8) is 0 Å². The Morgan fingerprint density at radius 2 is 1.74 bits per heavy atom. The summed E-state index contributed by atoms with van der Waals surface area (Å²) in [5, 5.41) is 3.44. The average molecular weight is 524 g/mol. The van der Waals surface area contributed by atoms with Crippen LogP contribution in [0.1, 0.15) is 38.3 Å². The number of carbonyl (C=O) groups is 2. The number of halogens is 1. The molecule has 0 aliphatic rings. The quantitative estimate of drug-likeness (QED) is 0.484. The Bertz CT molecular complexity index is 1140. The highest BCUT2D eigenvalue weighted by atomic mass is 35.5. The summed E-state index contributed by atoms with van der Waals surface area (Å²) < 4.78 is 31.9. The fourth-order valence-electron chi connectivity index (χ4n) is 3.42. The molecular weight excluding hydrogens is 490 g/mol. The van der Waals surface area contributed by atoms with Crippen molar-refractivity contribution in [3.05, 3.63) is 58.6 Å². The van der Waals surface area contributed by atoms with Gasteiger partial charge >= 0.3 is 0 Å². The highest BCUT2D eigenvalue weighted by molar-refractivity contribution is 7.92. The second-order valence-corrected chi connectivity index (χ2v) is 10.9. The molecule has 35 heavy (non-hydrogen) atoms. The first-order valence-corrected chi connectivity index (χ1v) is 13.6. The number of nitrogens with zero attached hydrogens (tertiary/aromatic N) is 2. The van der Waals surface area contributed by atoms with E-state index in [1.165, 1.54) is 12.0 Å². The number of methoxy groups -OCH3 is 1. The third-order valence-electron chi connectivity index (χ3n) is 5.72. The molecular formula is C25H34ClN3O5S. The van der Waals surface area contributed by atoms with Crippen molar-refractivity contribution in [2.45, 2.75) is 52.7 Å². The molecule has 2 aromatic rings. The number of nitrogens with one attached hydrogen (secondary N) is 1. The predicted molar refractivity (Wildman–Crippen MR) is 139 cm³/mol. The molecule has 0 unspecified atom stereocenters. The molecule has 0 saturated heterocycles. The lowest BCUT2D eigenvalue weighted by Crippen LogP contribution is -2.52. The number of anilines is 1. The number of rotatable bonds is 11. The third-order valence-corrected chi connectivity index (χ3v) is 7.10. The Morgan fingerprint density at radius 3 is 2.29 bits per heavy atom. The normalized spacial score (nSPS) is 13.0. The van der Waals surface area contributed by atoms with Gasteiger partial charge in [0.25, 0.3) is 0 Å². The monoisotopic (exact) mass is 523 g/mol. The standard InChI is InChI=1S/C25H34ClN3O5S/c1-7-18(3)27-25(31)19(4)28(15-20-9-11-21(26)12-10-20)24(30)16-29(35(6,32)33)22-14-17(2)8-13-23(22)34-5/h8-14,18-19H,7,15-16H2,1-6H3,(H,27,31)/t18-,19+/m0/s1. The zero-order chi connectivity index (χ0) is 26.3. The van der Waals surface area contributed by atoms with Crippen molar-refractivity contribution in [2.24, 2.45) is 0 Å². The Morgan fingerprint density at radius 1 is 1.11 bits per heavy atom. The van der Waals surface area contributed by atoms with E-state index in [1.807, 2.05) is 20.8 Å². The molecule has 0 aromatic heterocycles. The van der Waals surface area contributed by atoms with E-state index in [0.29, 0.717) is 10.8 Å². The average Bonchev–Trinajstić information content (AvgIpc) is 2.80. The number of aryl methyl sites for hydroxylation is 1. The van der Waals surface area contributed by atoms with Crippen LogP contribution in [-0.4, -0.2) is 57.1 Å². The highest BCUT2D eigenvalue weighted by Crippen LogP contribution is 2.31. The summed E-state index contributed by atoms with van der Waals surface area (Å²) in [6.07, 6.45) is 1.77. The maximum Gasteiger partial charge on any atom is 0.244 e. The predicted octanol–water partition coefficient (Wildman–Crippen LogP) is 3.76. The van der Waals surface area contributed by atoms with Crippen LogP contribution in [0.15, 0.2) is 42.5 Å². The van der Waals surface area contributed by atoms with Crippen molar-refractivity contribution >= 4 is 39.1 Å². The van der Waals surface area contributed by atoms with Gasteiger partial charge in [0.15, 0.2) is 0 Å². The number of carbonyl (C=O) groups excluding carboxylic acids is 2. The Labute approximate surface area is 213 Å². The zero-order valence-corrected chi connectivity index (χ0v) is 22.6. The molecule has 0 heterocycles. The molecule has 0 spiro atoms. The lowest BCUT2D eigenvalue weighted by atomic mass is 10.1. The fraction of sp³-hybridized carbons (Fsp3) is 0.440. The van der Waals surface area contributed by atoms with Crippen LogP contribution in [0.4, 0.5) is 5.69 Å². The number of benzene rings is 2. The number of ether oxygens (including phenoxy) is 1. The van der Waals surface area contributed by atoms with Crippen molar-refractivity contribution < 1.29 is 22.7 Å². The van der Waals surface area contributed by atoms with Gasteiger partial charge in [0, 0.05) is 17.6 Å². The minimum atomic E-state index is -3.86. The molecule has 0 aliphatic heterocycles. The van der Waals surface area contributed by atoms with E-state index < -0.39 is 28.5 Å². The van der Waals surface area contributed by atoms with Gasteiger partial charge in [0.05, 0.1) is 19.1 Å². The molecule has 0 aliphatic carbocycles. The molecule has 2 atom stereocenters. The summed E-state index contributed by atoms with van der Waals surface area (Å²) in [5.74, 6) is -0.526. The fourth-order valence-corrected chi connectivity index (χ4v) is 4.40. The van der Waals surface area contributed by atoms with Crippen molar-refractivity contribution in [2.75, 3.05) is 24.2 Å². The Hall–Kier alpha value is -2.78. The largest absolute Gasteiger partial charge is 0.495 e. The second kappa shape index (κ2) is 12.3. The lowest BCUT2D eigenvalue weighted by Gasteiger charge is -2.32. The molecule has 10 heteroatoms. The Balaban J connectivity index is 2.45. The lowest BCUT2D eigenvalue weighted by molar-refractivity contribution is -0.139. The SMILES string of the molecule is CC[C@H](C)NC(=O)[C@@H](C)N(Cc1ccc(Cl)cc1)C(=O)CN(c1cc(C)ccc1OC)S(C)(=O)=O. The number of amides is 2. The van der Waals surface area contributed by atoms with E-state index in [0.717, 1.165) is 28.1 Å². The van der Waals surface area contributed by atoms with E-state index in [4.69, 9.17) is 16.3 Å². The van der Waals surface area contributed by atoms with E-state index in [1.54, 1.807) is 49.4 Å². The van der Waals surface area contributed by atoms with Crippen LogP contribution in [0.5, 0.6) is 5.75 Å². The van der Waals surface area contributed by atoms with Crippen LogP contribution >= 0.6 is 11.6 Å². The van der Waals surface area contributed by atoms with Gasteiger partial charge in [0.2, 0.25) is 21.8 Å². The van der Waals surface area contributed by atoms with Crippen LogP contribution in [0.25, 0.3) is 0 Å². The third kappa shape index (κ3) is 7.86. The van der Waals surface area contributed by atoms with Gasteiger partial charge in [-0.3, -0.25) is 13.9 Å². The van der Waals surface area contributed by atoms with Crippen LogP contribution in [0.3, 0.4) is 0 Å². The summed E-state index contributed by atoms with van der Waals surface area (Å²) in [5.41, 5.74) is 1.82. The molecule has 1 N–H and O–H groups in total. The number of sulfonamides is 1. The molecule has 0 radical (unpaired) electrons. The summed E-state index contributed by atoms with van der Waals surface area (Å²) in [6, 6.07) is 11.1. The maximum absolute atomic E-state index is 13.6. The van der Waals surface area contributed by atoms with Crippen molar-refractivity contribution in [1.29, 1.82) is 0 Å². The van der Waals surface area contributed by atoms with Gasteiger partial charge in [0.1, 0.15) is 18.3 Å². The van der Waals surface area contributed by atoms with Crippen LogP contribution in [0, 0.1) is 6.92 Å². The van der Waals surface area contributed by atoms with Gasteiger partial charge in [-0.1, -0.05) is 36.7 Å². The summed E-state index contributed by atoms with van der Waals surface area (Å²) in [6.45, 7) is 6.89. The number of hydrogen-bond acceptors (Lipinski definition) is 5. The molecule has 2 rings (SSSR count). The van der Waals surface area contributed by atoms with Crippen molar-refractivity contribution in [3.8, 4) is 5.75 Å². The summed E-state index contributed by atoms with van der Waals surface area (Å²) in [7, 11) is -2.42. The van der Waals surface area contributed by atoms with Gasteiger partial charge in [-0.15, -0.1) is 0 Å². The van der Waals surface area contributed by atoms with E-state index in [-0.39, 0.29) is 24.2 Å². The first-order valence-electron chi connectivity index (χ1n) is 11.3. The molecule has 2 aromatic carbocycles. The van der Waals surface area contributed by atoms with E-state index in [2.05, 4.69) is 5.32 Å². The van der Waals surface area contributed by atoms with E-state index in [9.17, 15) is 18.0 Å². The minimum Gasteiger partial charge on any atom is -0.495 e. The highest BCUT2D eigenvalue weighted by Gasteiger charge is 2.31. The van der Waals surface area contributed by atoms with Gasteiger partial charge in [-0.05, 0) is 62.6 Å². The zero-order valence-electron chi connectivity index (χ0n) is 21.0. The van der Waals surface area contributed by atoms with Crippen molar-refractivity contribution in [1.82, 2.24) is 10.2 Å². The summed E-state index contributed by atoms with van der Waals surface area (Å²) >= 11 is 6.00. The van der Waals surface area contributed by atoms with Gasteiger partial charge < -0.3 is 15.0 Å². The van der Waals surface area contributed by atoms with Gasteiger partial charge in [-0.25, -0.2) is 8.42 Å².